The van der Waals surface area contributed by atoms with Gasteiger partial charge >= 0.3 is 6.01 Å². The van der Waals surface area contributed by atoms with Crippen LogP contribution in [-0.4, -0.2) is 48.2 Å². The van der Waals surface area contributed by atoms with Gasteiger partial charge in [0.25, 0.3) is 5.91 Å². The van der Waals surface area contributed by atoms with E-state index in [0.717, 1.165) is 32.0 Å². The Kier molecular flexibility index (Phi) is 6.00. The van der Waals surface area contributed by atoms with Crippen molar-refractivity contribution in [3.8, 4) is 11.8 Å². The fraction of sp³-hybridized carbons (Fsp3) is 0.444. The molecule has 27 heavy (non-hydrogen) atoms. The Morgan fingerprint density at radius 3 is 2.59 bits per heavy atom. The summed E-state index contributed by atoms with van der Waals surface area (Å²) in [6, 6.07) is 4.22. The Hall–Kier alpha value is -2.97. The van der Waals surface area contributed by atoms with Crippen molar-refractivity contribution in [3.05, 3.63) is 35.4 Å². The van der Waals surface area contributed by atoms with Gasteiger partial charge < -0.3 is 19.7 Å². The van der Waals surface area contributed by atoms with Crippen molar-refractivity contribution in [1.82, 2.24) is 20.3 Å². The lowest BCUT2D eigenvalue weighted by molar-refractivity contribution is 0.0949. The van der Waals surface area contributed by atoms with Crippen LogP contribution < -0.4 is 19.7 Å². The Balaban J connectivity index is 1.71. The van der Waals surface area contributed by atoms with Crippen LogP contribution in [0.4, 0.5) is 10.3 Å². The van der Waals surface area contributed by atoms with E-state index in [9.17, 15) is 9.18 Å². The van der Waals surface area contributed by atoms with Crippen LogP contribution in [0.15, 0.2) is 18.2 Å². The predicted octanol–water partition coefficient (Wildman–Crippen LogP) is 1.95. The number of anilines is 1. The molecule has 0 bridgehead atoms. The third-order valence-corrected chi connectivity index (χ3v) is 4.29. The number of halogens is 1. The number of amides is 1. The average Bonchev–Trinajstić information content (AvgIpc) is 2.72. The van der Waals surface area contributed by atoms with Gasteiger partial charge in [0.15, 0.2) is 17.4 Å². The zero-order valence-electron chi connectivity index (χ0n) is 15.4. The van der Waals surface area contributed by atoms with Crippen molar-refractivity contribution < 1.29 is 18.7 Å². The minimum absolute atomic E-state index is 0.0756. The van der Waals surface area contributed by atoms with Gasteiger partial charge in [0, 0.05) is 18.7 Å². The number of carbonyl (C=O) groups is 1. The van der Waals surface area contributed by atoms with Crippen LogP contribution >= 0.6 is 0 Å². The van der Waals surface area contributed by atoms with Crippen molar-refractivity contribution in [2.75, 3.05) is 32.2 Å². The Morgan fingerprint density at radius 1 is 1.15 bits per heavy atom. The highest BCUT2D eigenvalue weighted by molar-refractivity contribution is 5.94. The van der Waals surface area contributed by atoms with E-state index in [1.165, 1.54) is 32.8 Å². The molecule has 1 N–H and O–H groups in total. The largest absolute Gasteiger partial charge is 0.494 e. The van der Waals surface area contributed by atoms with Crippen molar-refractivity contribution in [3.63, 3.8) is 0 Å². The van der Waals surface area contributed by atoms with Crippen LogP contribution in [0.25, 0.3) is 0 Å². The molecule has 0 radical (unpaired) electrons. The molecule has 1 aliphatic rings. The predicted molar refractivity (Wildman–Crippen MR) is 96.6 cm³/mol. The number of carbonyl (C=O) groups excluding carboxylic acids is 1. The molecule has 1 aromatic heterocycles. The fourth-order valence-corrected chi connectivity index (χ4v) is 2.86. The molecule has 0 aliphatic carbocycles. The fourth-order valence-electron chi connectivity index (χ4n) is 2.86. The molecule has 2 heterocycles. The first-order chi connectivity index (χ1) is 13.1. The van der Waals surface area contributed by atoms with E-state index < -0.39 is 11.7 Å². The maximum atomic E-state index is 13.8. The SMILES string of the molecule is COc1nc(CNC(=O)c2ccc(OC)c(F)c2)nc(N2CCCCC2)n1. The number of aromatic nitrogens is 3. The van der Waals surface area contributed by atoms with E-state index in [0.29, 0.717) is 11.8 Å². The highest BCUT2D eigenvalue weighted by atomic mass is 19.1. The van der Waals surface area contributed by atoms with E-state index in [1.807, 2.05) is 0 Å². The third-order valence-electron chi connectivity index (χ3n) is 4.29. The first kappa shape index (κ1) is 18.8. The second-order valence-corrected chi connectivity index (χ2v) is 6.12. The standard InChI is InChI=1S/C18H22FN5O3/c1-26-14-7-6-12(10-13(14)19)16(25)20-11-15-21-17(23-18(22-15)27-2)24-8-4-3-5-9-24/h6-7,10H,3-5,8-9,11H2,1-2H3,(H,20,25). The number of hydrogen-bond acceptors (Lipinski definition) is 7. The molecule has 0 atom stereocenters. The van der Waals surface area contributed by atoms with Crippen molar-refractivity contribution >= 4 is 11.9 Å². The number of hydrogen-bond donors (Lipinski definition) is 1. The molecule has 1 amide bonds. The van der Waals surface area contributed by atoms with Crippen LogP contribution in [0.2, 0.25) is 0 Å². The normalized spacial score (nSPS) is 14.0. The zero-order chi connectivity index (χ0) is 19.2. The summed E-state index contributed by atoms with van der Waals surface area (Å²) in [7, 11) is 2.85. The smallest absolute Gasteiger partial charge is 0.321 e. The van der Waals surface area contributed by atoms with E-state index in [-0.39, 0.29) is 23.9 Å². The van der Waals surface area contributed by atoms with Crippen LogP contribution in [0.3, 0.4) is 0 Å². The average molecular weight is 375 g/mol. The summed E-state index contributed by atoms with van der Waals surface area (Å²) in [6.07, 6.45) is 3.37. The van der Waals surface area contributed by atoms with Crippen LogP contribution in [0, 0.1) is 5.82 Å². The summed E-state index contributed by atoms with van der Waals surface area (Å²) in [5, 5.41) is 2.69. The minimum Gasteiger partial charge on any atom is -0.494 e. The summed E-state index contributed by atoms with van der Waals surface area (Å²) in [6.45, 7) is 1.83. The summed E-state index contributed by atoms with van der Waals surface area (Å²) in [5.74, 6) is -0.0270. The topological polar surface area (TPSA) is 89.5 Å². The van der Waals surface area contributed by atoms with E-state index in [2.05, 4.69) is 25.2 Å². The van der Waals surface area contributed by atoms with E-state index in [1.54, 1.807) is 0 Å². The van der Waals surface area contributed by atoms with Crippen molar-refractivity contribution in [1.29, 1.82) is 0 Å². The summed E-state index contributed by atoms with van der Waals surface area (Å²) in [4.78, 5) is 27.3. The highest BCUT2D eigenvalue weighted by Crippen LogP contribution is 2.19. The molecule has 1 saturated heterocycles. The molecular weight excluding hydrogens is 353 g/mol. The molecule has 0 saturated carbocycles. The lowest BCUT2D eigenvalue weighted by atomic mass is 10.1. The van der Waals surface area contributed by atoms with E-state index >= 15 is 0 Å². The van der Waals surface area contributed by atoms with Gasteiger partial charge in [-0.25, -0.2) is 4.39 Å². The zero-order valence-corrected chi connectivity index (χ0v) is 15.4. The van der Waals surface area contributed by atoms with Gasteiger partial charge in [-0.1, -0.05) is 0 Å². The maximum absolute atomic E-state index is 13.8. The summed E-state index contributed by atoms with van der Waals surface area (Å²) < 4.78 is 23.8. The molecule has 1 aromatic carbocycles. The highest BCUT2D eigenvalue weighted by Gasteiger charge is 2.17. The van der Waals surface area contributed by atoms with Crippen LogP contribution in [0.5, 0.6) is 11.8 Å². The van der Waals surface area contributed by atoms with Gasteiger partial charge in [0.2, 0.25) is 5.95 Å². The second-order valence-electron chi connectivity index (χ2n) is 6.12. The molecule has 8 nitrogen and oxygen atoms in total. The molecular formula is C18H22FN5O3. The molecule has 3 rings (SSSR count). The summed E-state index contributed by atoms with van der Waals surface area (Å²) >= 11 is 0. The second kappa shape index (κ2) is 8.61. The molecule has 9 heteroatoms. The number of benzene rings is 1. The maximum Gasteiger partial charge on any atom is 0.321 e. The number of rotatable bonds is 6. The minimum atomic E-state index is -0.598. The Labute approximate surface area is 156 Å². The van der Waals surface area contributed by atoms with Crippen LogP contribution in [0.1, 0.15) is 35.4 Å². The Bertz CT molecular complexity index is 812. The molecule has 0 spiro atoms. The molecule has 0 unspecified atom stereocenters. The van der Waals surface area contributed by atoms with Crippen molar-refractivity contribution in [2.45, 2.75) is 25.8 Å². The number of ether oxygens (including phenoxy) is 2. The number of nitrogens with zero attached hydrogens (tertiary/aromatic N) is 4. The number of piperidine rings is 1. The molecule has 1 aliphatic heterocycles. The molecule has 2 aromatic rings. The number of nitrogens with one attached hydrogen (secondary N) is 1. The summed E-state index contributed by atoms with van der Waals surface area (Å²) in [5.41, 5.74) is 0.186. The van der Waals surface area contributed by atoms with Gasteiger partial charge in [-0.2, -0.15) is 15.0 Å². The van der Waals surface area contributed by atoms with Crippen LogP contribution in [-0.2, 0) is 6.54 Å². The third kappa shape index (κ3) is 4.60. The van der Waals surface area contributed by atoms with Gasteiger partial charge in [-0.05, 0) is 37.5 Å². The lowest BCUT2D eigenvalue weighted by Gasteiger charge is -2.26. The first-order valence-electron chi connectivity index (χ1n) is 8.76. The monoisotopic (exact) mass is 375 g/mol. The number of methoxy groups -OCH3 is 2. The quantitative estimate of drug-likeness (QED) is 0.825. The molecule has 144 valence electrons. The van der Waals surface area contributed by atoms with Gasteiger partial charge in [-0.3, -0.25) is 4.79 Å². The van der Waals surface area contributed by atoms with Gasteiger partial charge in [0.05, 0.1) is 20.8 Å². The molecule has 1 fully saturated rings. The first-order valence-corrected chi connectivity index (χ1v) is 8.76. The van der Waals surface area contributed by atoms with Gasteiger partial charge in [-0.15, -0.1) is 0 Å². The van der Waals surface area contributed by atoms with Crippen molar-refractivity contribution in [2.24, 2.45) is 0 Å². The van der Waals surface area contributed by atoms with Gasteiger partial charge in [0.1, 0.15) is 0 Å². The Morgan fingerprint density at radius 2 is 1.93 bits per heavy atom. The lowest BCUT2D eigenvalue weighted by Crippen LogP contribution is -2.32. The van der Waals surface area contributed by atoms with E-state index in [4.69, 9.17) is 9.47 Å².